The van der Waals surface area contributed by atoms with Gasteiger partial charge in [-0.15, -0.1) is 0 Å². The SMILES string of the molecule is [O]Nc1ccc(Cl)cc1Cl. The summed E-state index contributed by atoms with van der Waals surface area (Å²) in [6, 6.07) is 4.62. The van der Waals surface area contributed by atoms with E-state index in [1.807, 2.05) is 0 Å². The number of hydrogen-bond donors (Lipinski definition) is 1. The van der Waals surface area contributed by atoms with Gasteiger partial charge in [0.1, 0.15) is 0 Å². The van der Waals surface area contributed by atoms with Crippen molar-refractivity contribution in [1.29, 1.82) is 0 Å². The van der Waals surface area contributed by atoms with Gasteiger partial charge in [0.05, 0.1) is 10.7 Å². The molecule has 0 heterocycles. The Morgan fingerprint density at radius 2 is 2.00 bits per heavy atom. The standard InChI is InChI=1S/C6H4Cl2NO/c7-4-1-2-6(9-10)5(8)3-4/h1-3,9H. The van der Waals surface area contributed by atoms with E-state index in [1.54, 1.807) is 11.5 Å². The number of benzene rings is 1. The summed E-state index contributed by atoms with van der Waals surface area (Å²) in [5.74, 6) is 0. The molecule has 0 amide bonds. The van der Waals surface area contributed by atoms with Crippen LogP contribution in [-0.2, 0) is 5.21 Å². The molecule has 1 aromatic rings. The van der Waals surface area contributed by atoms with Crippen LogP contribution in [0.15, 0.2) is 18.2 Å². The first kappa shape index (κ1) is 7.66. The molecular weight excluding hydrogens is 173 g/mol. The molecule has 0 fully saturated rings. The van der Waals surface area contributed by atoms with E-state index in [2.05, 4.69) is 0 Å². The van der Waals surface area contributed by atoms with Gasteiger partial charge in [-0.25, -0.2) is 5.48 Å². The Bertz CT molecular complexity index is 239. The van der Waals surface area contributed by atoms with Crippen LogP contribution in [0.1, 0.15) is 0 Å². The summed E-state index contributed by atoms with van der Waals surface area (Å²) in [6.45, 7) is 0. The van der Waals surface area contributed by atoms with E-state index in [0.29, 0.717) is 15.7 Å². The smallest absolute Gasteiger partial charge is 0.0822 e. The van der Waals surface area contributed by atoms with Crippen LogP contribution >= 0.6 is 23.2 Å². The van der Waals surface area contributed by atoms with Crippen molar-refractivity contribution in [3.63, 3.8) is 0 Å². The van der Waals surface area contributed by atoms with Gasteiger partial charge in [0.2, 0.25) is 0 Å². The molecule has 2 nitrogen and oxygen atoms in total. The number of nitrogens with one attached hydrogen (secondary N) is 1. The summed E-state index contributed by atoms with van der Waals surface area (Å²) in [6.07, 6.45) is 0. The molecule has 0 aliphatic rings. The lowest BCUT2D eigenvalue weighted by atomic mass is 10.3. The summed E-state index contributed by atoms with van der Waals surface area (Å²) in [5.41, 5.74) is 2.02. The lowest BCUT2D eigenvalue weighted by molar-refractivity contribution is 0.274. The molecule has 1 rings (SSSR count). The fourth-order valence-electron chi connectivity index (χ4n) is 0.572. The van der Waals surface area contributed by atoms with Gasteiger partial charge in [0, 0.05) is 5.02 Å². The molecule has 53 valence electrons. The minimum atomic E-state index is 0.336. The molecule has 0 aromatic heterocycles. The maximum absolute atomic E-state index is 10.1. The first-order valence-corrected chi connectivity index (χ1v) is 3.33. The third-order valence-corrected chi connectivity index (χ3v) is 1.59. The Kier molecular flexibility index (Phi) is 2.38. The maximum atomic E-state index is 10.1. The zero-order valence-electron chi connectivity index (χ0n) is 4.90. The molecule has 0 spiro atoms. The predicted octanol–water partition coefficient (Wildman–Crippen LogP) is 2.75. The third-order valence-electron chi connectivity index (χ3n) is 1.04. The zero-order chi connectivity index (χ0) is 7.56. The van der Waals surface area contributed by atoms with Crippen molar-refractivity contribution in [2.24, 2.45) is 0 Å². The second-order valence-electron chi connectivity index (χ2n) is 1.73. The highest BCUT2D eigenvalue weighted by Gasteiger charge is 1.97. The van der Waals surface area contributed by atoms with E-state index in [4.69, 9.17) is 23.2 Å². The molecule has 0 atom stereocenters. The second kappa shape index (κ2) is 3.10. The first-order chi connectivity index (χ1) is 4.74. The van der Waals surface area contributed by atoms with Crippen LogP contribution in [0.2, 0.25) is 10.0 Å². The maximum Gasteiger partial charge on any atom is 0.0822 e. The molecular formula is C6H4Cl2NO. The van der Waals surface area contributed by atoms with Crippen LogP contribution in [0.5, 0.6) is 0 Å². The van der Waals surface area contributed by atoms with E-state index >= 15 is 0 Å². The quantitative estimate of drug-likeness (QED) is 0.657. The van der Waals surface area contributed by atoms with Crippen LogP contribution in [0.3, 0.4) is 0 Å². The number of hydrogen-bond acceptors (Lipinski definition) is 1. The highest BCUT2D eigenvalue weighted by Crippen LogP contribution is 2.24. The van der Waals surface area contributed by atoms with Crippen LogP contribution in [0.4, 0.5) is 5.69 Å². The van der Waals surface area contributed by atoms with Gasteiger partial charge < -0.3 is 0 Å². The van der Waals surface area contributed by atoms with Crippen LogP contribution in [-0.4, -0.2) is 0 Å². The van der Waals surface area contributed by atoms with E-state index < -0.39 is 0 Å². The molecule has 0 aliphatic carbocycles. The minimum absolute atomic E-state index is 0.336. The molecule has 1 aromatic carbocycles. The van der Waals surface area contributed by atoms with E-state index in [9.17, 15) is 5.21 Å². The Morgan fingerprint density at radius 1 is 1.30 bits per heavy atom. The third kappa shape index (κ3) is 1.53. The molecule has 0 saturated carbocycles. The Morgan fingerprint density at radius 3 is 2.50 bits per heavy atom. The van der Waals surface area contributed by atoms with Crippen LogP contribution in [0, 0.1) is 0 Å². The van der Waals surface area contributed by atoms with E-state index in [-0.39, 0.29) is 0 Å². The summed E-state index contributed by atoms with van der Waals surface area (Å²) >= 11 is 11.1. The first-order valence-electron chi connectivity index (χ1n) is 2.57. The van der Waals surface area contributed by atoms with Crippen LogP contribution < -0.4 is 5.48 Å². The molecule has 0 bridgehead atoms. The van der Waals surface area contributed by atoms with Crippen molar-refractivity contribution in [2.45, 2.75) is 0 Å². The van der Waals surface area contributed by atoms with Gasteiger partial charge in [-0.05, 0) is 18.2 Å². The van der Waals surface area contributed by atoms with Gasteiger partial charge in [0.25, 0.3) is 0 Å². The van der Waals surface area contributed by atoms with Gasteiger partial charge in [-0.2, -0.15) is 0 Å². The highest BCUT2D eigenvalue weighted by molar-refractivity contribution is 6.36. The van der Waals surface area contributed by atoms with E-state index in [1.165, 1.54) is 12.1 Å². The van der Waals surface area contributed by atoms with Gasteiger partial charge >= 0.3 is 0 Å². The average molecular weight is 177 g/mol. The normalized spacial score (nSPS) is 9.50. The second-order valence-corrected chi connectivity index (χ2v) is 2.57. The van der Waals surface area contributed by atoms with Crippen molar-refractivity contribution >= 4 is 28.9 Å². The fraction of sp³-hybridized carbons (Fsp3) is 0. The summed E-state index contributed by atoms with van der Waals surface area (Å²) in [7, 11) is 0. The molecule has 1 N–H and O–H groups in total. The number of anilines is 1. The van der Waals surface area contributed by atoms with Crippen molar-refractivity contribution in [2.75, 3.05) is 5.48 Å². The largest absolute Gasteiger partial charge is 0.232 e. The molecule has 10 heavy (non-hydrogen) atoms. The zero-order valence-corrected chi connectivity index (χ0v) is 6.41. The minimum Gasteiger partial charge on any atom is -0.232 e. The fourth-order valence-corrected chi connectivity index (χ4v) is 1.02. The molecule has 0 saturated heterocycles. The lowest BCUT2D eigenvalue weighted by Gasteiger charge is -1.98. The predicted molar refractivity (Wildman–Crippen MR) is 40.8 cm³/mol. The highest BCUT2D eigenvalue weighted by atomic mass is 35.5. The van der Waals surface area contributed by atoms with Crippen molar-refractivity contribution in [3.8, 4) is 0 Å². The summed E-state index contributed by atoms with van der Waals surface area (Å²) in [5, 5.41) is 10.9. The van der Waals surface area contributed by atoms with Crippen LogP contribution in [0.25, 0.3) is 0 Å². The number of rotatable bonds is 1. The Balaban J connectivity index is 3.07. The molecule has 0 unspecified atom stereocenters. The average Bonchev–Trinajstić information content (AvgIpc) is 1.88. The van der Waals surface area contributed by atoms with Gasteiger partial charge in [0.15, 0.2) is 0 Å². The van der Waals surface area contributed by atoms with Gasteiger partial charge in [-0.1, -0.05) is 28.4 Å². The monoisotopic (exact) mass is 176 g/mol. The van der Waals surface area contributed by atoms with Gasteiger partial charge in [-0.3, -0.25) is 0 Å². The summed E-state index contributed by atoms with van der Waals surface area (Å²) < 4.78 is 0. The van der Waals surface area contributed by atoms with Crippen molar-refractivity contribution in [3.05, 3.63) is 28.2 Å². The Hall–Kier alpha value is -0.440. The van der Waals surface area contributed by atoms with E-state index in [0.717, 1.165) is 0 Å². The molecule has 4 heteroatoms. The topological polar surface area (TPSA) is 31.9 Å². The lowest BCUT2D eigenvalue weighted by Crippen LogP contribution is -1.86. The number of halogens is 2. The molecule has 0 aliphatic heterocycles. The summed E-state index contributed by atoms with van der Waals surface area (Å²) in [4.78, 5) is 0. The Labute approximate surface area is 68.3 Å². The molecule has 1 radical (unpaired) electrons. The van der Waals surface area contributed by atoms with Crippen molar-refractivity contribution < 1.29 is 5.21 Å². The van der Waals surface area contributed by atoms with Crippen molar-refractivity contribution in [1.82, 2.24) is 0 Å².